The van der Waals surface area contributed by atoms with E-state index < -0.39 is 0 Å². The molecule has 1 aliphatic heterocycles. The standard InChI is InChI=1S/C13H17BrN4O2/c1-2-15-13(20)18-7-5-17(6-8-18)12(19)10-3-4-16-11(14)9-10/h3-4,9H,2,5-8H2,1H3,(H,15,20). The minimum atomic E-state index is -0.0637. The highest BCUT2D eigenvalue weighted by atomic mass is 79.9. The lowest BCUT2D eigenvalue weighted by atomic mass is 10.2. The molecule has 20 heavy (non-hydrogen) atoms. The van der Waals surface area contributed by atoms with Crippen LogP contribution in [0.3, 0.4) is 0 Å². The summed E-state index contributed by atoms with van der Waals surface area (Å²) in [5, 5.41) is 2.77. The Bertz CT molecular complexity index is 501. The van der Waals surface area contributed by atoms with E-state index in [9.17, 15) is 9.59 Å². The van der Waals surface area contributed by atoms with Crippen LogP contribution in [-0.2, 0) is 0 Å². The number of aromatic nitrogens is 1. The molecule has 108 valence electrons. The van der Waals surface area contributed by atoms with E-state index in [1.165, 1.54) is 0 Å². The normalized spacial score (nSPS) is 15.1. The van der Waals surface area contributed by atoms with Gasteiger partial charge >= 0.3 is 6.03 Å². The van der Waals surface area contributed by atoms with Crippen LogP contribution in [0.5, 0.6) is 0 Å². The molecule has 3 amide bonds. The average molecular weight is 341 g/mol. The number of rotatable bonds is 2. The lowest BCUT2D eigenvalue weighted by Crippen LogP contribution is -2.53. The minimum Gasteiger partial charge on any atom is -0.338 e. The number of hydrogen-bond donors (Lipinski definition) is 1. The number of carbonyl (C=O) groups is 2. The van der Waals surface area contributed by atoms with Gasteiger partial charge in [-0.3, -0.25) is 4.79 Å². The molecule has 1 aromatic rings. The zero-order valence-electron chi connectivity index (χ0n) is 11.3. The van der Waals surface area contributed by atoms with Gasteiger partial charge in [-0.05, 0) is 35.0 Å². The van der Waals surface area contributed by atoms with Crippen LogP contribution in [0.4, 0.5) is 4.79 Å². The van der Waals surface area contributed by atoms with Crippen molar-refractivity contribution < 1.29 is 9.59 Å². The third kappa shape index (κ3) is 3.47. The van der Waals surface area contributed by atoms with Gasteiger partial charge in [-0.25, -0.2) is 9.78 Å². The van der Waals surface area contributed by atoms with E-state index in [-0.39, 0.29) is 11.9 Å². The first kappa shape index (κ1) is 14.8. The van der Waals surface area contributed by atoms with Crippen molar-refractivity contribution in [2.24, 2.45) is 0 Å². The predicted octanol–water partition coefficient (Wildman–Crippen LogP) is 1.33. The van der Waals surface area contributed by atoms with E-state index in [4.69, 9.17) is 0 Å². The fourth-order valence-corrected chi connectivity index (χ4v) is 2.46. The summed E-state index contributed by atoms with van der Waals surface area (Å²) in [6.45, 7) is 4.72. The molecule has 0 radical (unpaired) electrons. The third-order valence-electron chi connectivity index (χ3n) is 3.16. The van der Waals surface area contributed by atoms with Gasteiger partial charge in [0.05, 0.1) is 0 Å². The van der Waals surface area contributed by atoms with Crippen LogP contribution in [0.1, 0.15) is 17.3 Å². The largest absolute Gasteiger partial charge is 0.338 e. The SMILES string of the molecule is CCNC(=O)N1CCN(C(=O)c2ccnc(Br)c2)CC1. The van der Waals surface area contributed by atoms with Crippen molar-refractivity contribution in [3.05, 3.63) is 28.5 Å². The molecule has 2 heterocycles. The summed E-state index contributed by atoms with van der Waals surface area (Å²) in [7, 11) is 0. The van der Waals surface area contributed by atoms with Crippen LogP contribution in [0, 0.1) is 0 Å². The van der Waals surface area contributed by atoms with Crippen LogP contribution < -0.4 is 5.32 Å². The second-order valence-electron chi connectivity index (χ2n) is 4.48. The minimum absolute atomic E-state index is 0.0244. The van der Waals surface area contributed by atoms with Crippen LogP contribution in [0.2, 0.25) is 0 Å². The first-order valence-electron chi connectivity index (χ1n) is 6.55. The number of amides is 3. The maximum absolute atomic E-state index is 12.3. The van der Waals surface area contributed by atoms with Gasteiger partial charge in [0.25, 0.3) is 5.91 Å². The second-order valence-corrected chi connectivity index (χ2v) is 5.29. The molecule has 0 aromatic carbocycles. The number of hydrogen-bond acceptors (Lipinski definition) is 3. The van der Waals surface area contributed by atoms with Gasteiger partial charge in [-0.2, -0.15) is 0 Å². The van der Waals surface area contributed by atoms with Crippen molar-refractivity contribution in [1.82, 2.24) is 20.1 Å². The predicted molar refractivity (Wildman–Crippen MR) is 78.5 cm³/mol. The first-order chi connectivity index (χ1) is 9.61. The molecular weight excluding hydrogens is 324 g/mol. The smallest absolute Gasteiger partial charge is 0.317 e. The molecule has 1 saturated heterocycles. The number of pyridine rings is 1. The van der Waals surface area contributed by atoms with E-state index in [1.54, 1.807) is 28.1 Å². The quantitative estimate of drug-likeness (QED) is 0.826. The van der Waals surface area contributed by atoms with Gasteiger partial charge < -0.3 is 15.1 Å². The fraction of sp³-hybridized carbons (Fsp3) is 0.462. The molecule has 2 rings (SSSR count). The van der Waals surface area contributed by atoms with Crippen molar-refractivity contribution in [2.75, 3.05) is 32.7 Å². The average Bonchev–Trinajstić information content (AvgIpc) is 2.47. The zero-order valence-corrected chi connectivity index (χ0v) is 12.9. The molecule has 0 unspecified atom stereocenters. The number of urea groups is 1. The van der Waals surface area contributed by atoms with Gasteiger partial charge in [0, 0.05) is 44.5 Å². The number of nitrogens with zero attached hydrogens (tertiary/aromatic N) is 3. The van der Waals surface area contributed by atoms with Crippen molar-refractivity contribution >= 4 is 27.9 Å². The number of halogens is 1. The van der Waals surface area contributed by atoms with E-state index in [2.05, 4.69) is 26.2 Å². The third-order valence-corrected chi connectivity index (χ3v) is 3.59. The summed E-state index contributed by atoms with van der Waals surface area (Å²) in [6.07, 6.45) is 1.60. The molecule has 0 saturated carbocycles. The van der Waals surface area contributed by atoms with Gasteiger partial charge in [0.15, 0.2) is 0 Å². The molecule has 1 aromatic heterocycles. The molecule has 1 fully saturated rings. The Kier molecular flexibility index (Phi) is 4.94. The van der Waals surface area contributed by atoms with Crippen molar-refractivity contribution in [1.29, 1.82) is 0 Å². The van der Waals surface area contributed by atoms with E-state index >= 15 is 0 Å². The lowest BCUT2D eigenvalue weighted by molar-refractivity contribution is 0.0665. The van der Waals surface area contributed by atoms with Crippen LogP contribution in [0.25, 0.3) is 0 Å². The Morgan fingerprint density at radius 3 is 2.55 bits per heavy atom. The maximum atomic E-state index is 12.3. The van der Waals surface area contributed by atoms with Crippen molar-refractivity contribution in [2.45, 2.75) is 6.92 Å². The highest BCUT2D eigenvalue weighted by Gasteiger charge is 2.24. The van der Waals surface area contributed by atoms with Gasteiger partial charge in [-0.15, -0.1) is 0 Å². The van der Waals surface area contributed by atoms with Crippen LogP contribution in [-0.4, -0.2) is 59.4 Å². The number of piperazine rings is 1. The Hall–Kier alpha value is -1.63. The maximum Gasteiger partial charge on any atom is 0.317 e. The first-order valence-corrected chi connectivity index (χ1v) is 7.34. The van der Waals surface area contributed by atoms with E-state index in [1.807, 2.05) is 6.92 Å². The summed E-state index contributed by atoms with van der Waals surface area (Å²) in [4.78, 5) is 31.5. The molecule has 0 spiro atoms. The molecular formula is C13H17BrN4O2. The van der Waals surface area contributed by atoms with Gasteiger partial charge in [0.2, 0.25) is 0 Å². The molecule has 6 nitrogen and oxygen atoms in total. The fourth-order valence-electron chi connectivity index (χ4n) is 2.09. The van der Waals surface area contributed by atoms with E-state index in [0.29, 0.717) is 42.9 Å². The molecule has 7 heteroatoms. The van der Waals surface area contributed by atoms with Crippen LogP contribution >= 0.6 is 15.9 Å². The molecule has 0 aliphatic carbocycles. The topological polar surface area (TPSA) is 65.5 Å². The number of nitrogens with one attached hydrogen (secondary N) is 1. The molecule has 1 N–H and O–H groups in total. The van der Waals surface area contributed by atoms with Crippen molar-refractivity contribution in [3.63, 3.8) is 0 Å². The van der Waals surface area contributed by atoms with Gasteiger partial charge in [-0.1, -0.05) is 0 Å². The van der Waals surface area contributed by atoms with Gasteiger partial charge in [0.1, 0.15) is 4.60 Å². The highest BCUT2D eigenvalue weighted by molar-refractivity contribution is 9.10. The second kappa shape index (κ2) is 6.69. The Morgan fingerprint density at radius 1 is 1.30 bits per heavy atom. The molecule has 1 aliphatic rings. The van der Waals surface area contributed by atoms with Crippen molar-refractivity contribution in [3.8, 4) is 0 Å². The monoisotopic (exact) mass is 340 g/mol. The van der Waals surface area contributed by atoms with Crippen LogP contribution in [0.15, 0.2) is 22.9 Å². The molecule has 0 bridgehead atoms. The lowest BCUT2D eigenvalue weighted by Gasteiger charge is -2.34. The summed E-state index contributed by atoms with van der Waals surface area (Å²) in [6, 6.07) is 3.34. The Labute approximate surface area is 126 Å². The summed E-state index contributed by atoms with van der Waals surface area (Å²) in [5.74, 6) is -0.0244. The van der Waals surface area contributed by atoms with E-state index in [0.717, 1.165) is 0 Å². The zero-order chi connectivity index (χ0) is 14.5. The summed E-state index contributed by atoms with van der Waals surface area (Å²) >= 11 is 3.26. The summed E-state index contributed by atoms with van der Waals surface area (Å²) in [5.41, 5.74) is 0.610. The Morgan fingerprint density at radius 2 is 1.95 bits per heavy atom. The highest BCUT2D eigenvalue weighted by Crippen LogP contribution is 2.12. The number of carbonyl (C=O) groups excluding carboxylic acids is 2. The summed E-state index contributed by atoms with van der Waals surface area (Å²) < 4.78 is 0.643. The Balaban J connectivity index is 1.93. The molecule has 0 atom stereocenters.